The van der Waals surface area contributed by atoms with Gasteiger partial charge in [-0.1, -0.05) is 22.9 Å². The van der Waals surface area contributed by atoms with E-state index in [1.165, 1.54) is 29.7 Å². The highest BCUT2D eigenvalue weighted by molar-refractivity contribution is 7.22. The summed E-state index contributed by atoms with van der Waals surface area (Å²) in [6.07, 6.45) is 1.53. The number of hydrogen-bond acceptors (Lipinski definition) is 5. The molecule has 25 heavy (non-hydrogen) atoms. The van der Waals surface area contributed by atoms with Gasteiger partial charge in [0.2, 0.25) is 0 Å². The lowest BCUT2D eigenvalue weighted by molar-refractivity contribution is 0.0741. The first-order chi connectivity index (χ1) is 12.1. The van der Waals surface area contributed by atoms with Gasteiger partial charge in [-0.2, -0.15) is 0 Å². The number of thiazole rings is 1. The van der Waals surface area contributed by atoms with Gasteiger partial charge in [-0.3, -0.25) is 9.78 Å². The summed E-state index contributed by atoms with van der Waals surface area (Å²) in [5, 5.41) is 1.35. The van der Waals surface area contributed by atoms with Crippen molar-refractivity contribution in [3.63, 3.8) is 0 Å². The molecular formula is C17H14ClFN4OS. The third kappa shape index (κ3) is 3.29. The third-order valence-electron chi connectivity index (χ3n) is 4.12. The van der Waals surface area contributed by atoms with E-state index in [0.717, 1.165) is 15.3 Å². The lowest BCUT2D eigenvalue weighted by Gasteiger charge is -2.34. The zero-order valence-corrected chi connectivity index (χ0v) is 14.7. The summed E-state index contributed by atoms with van der Waals surface area (Å²) < 4.78 is 14.2. The highest BCUT2D eigenvalue weighted by Crippen LogP contribution is 2.30. The van der Waals surface area contributed by atoms with Gasteiger partial charge < -0.3 is 9.80 Å². The number of pyridine rings is 1. The first-order valence-electron chi connectivity index (χ1n) is 7.82. The number of rotatable bonds is 2. The van der Waals surface area contributed by atoms with Gasteiger partial charge in [-0.25, -0.2) is 9.37 Å². The summed E-state index contributed by atoms with van der Waals surface area (Å²) in [6.45, 7) is 2.51. The molecule has 0 spiro atoms. The van der Waals surface area contributed by atoms with E-state index in [-0.39, 0.29) is 11.7 Å². The lowest BCUT2D eigenvalue weighted by Crippen LogP contribution is -2.49. The molecule has 0 atom stereocenters. The Balaban J connectivity index is 1.46. The van der Waals surface area contributed by atoms with E-state index in [1.807, 2.05) is 0 Å². The normalized spacial score (nSPS) is 15.0. The Bertz CT molecular complexity index is 939. The summed E-state index contributed by atoms with van der Waals surface area (Å²) in [5.41, 5.74) is 1.15. The van der Waals surface area contributed by atoms with Crippen LogP contribution in [-0.2, 0) is 0 Å². The second-order valence-electron chi connectivity index (χ2n) is 5.75. The van der Waals surface area contributed by atoms with E-state index in [1.54, 1.807) is 23.1 Å². The Kier molecular flexibility index (Phi) is 4.27. The molecule has 3 heterocycles. The van der Waals surface area contributed by atoms with Crippen LogP contribution >= 0.6 is 22.9 Å². The predicted molar refractivity (Wildman–Crippen MR) is 96.9 cm³/mol. The second kappa shape index (κ2) is 6.57. The zero-order chi connectivity index (χ0) is 17.4. The maximum absolute atomic E-state index is 13.3. The molecule has 1 amide bonds. The van der Waals surface area contributed by atoms with Gasteiger partial charge in [0.25, 0.3) is 5.91 Å². The summed E-state index contributed by atoms with van der Waals surface area (Å²) in [6, 6.07) is 7.83. The molecule has 1 aliphatic heterocycles. The highest BCUT2D eigenvalue weighted by atomic mass is 35.5. The van der Waals surface area contributed by atoms with Gasteiger partial charge in [-0.15, -0.1) is 0 Å². The van der Waals surface area contributed by atoms with Crippen molar-refractivity contribution < 1.29 is 9.18 Å². The standard InChI is InChI=1S/C17H14ClFN4OS/c18-11-3-4-20-14(9-11)16(24)22-5-7-23(8-6-22)17-21-13-2-1-12(19)10-15(13)25-17/h1-4,9-10H,5-8H2. The number of amides is 1. The molecule has 128 valence electrons. The summed E-state index contributed by atoms with van der Waals surface area (Å²) in [4.78, 5) is 25.0. The smallest absolute Gasteiger partial charge is 0.272 e. The van der Waals surface area contributed by atoms with Crippen molar-refractivity contribution in [2.24, 2.45) is 0 Å². The molecule has 0 saturated carbocycles. The van der Waals surface area contributed by atoms with Crippen LogP contribution < -0.4 is 4.90 Å². The number of anilines is 1. The molecule has 5 nitrogen and oxygen atoms in total. The highest BCUT2D eigenvalue weighted by Gasteiger charge is 2.24. The van der Waals surface area contributed by atoms with Gasteiger partial charge in [-0.05, 0) is 30.3 Å². The number of carbonyl (C=O) groups excluding carboxylic acids is 1. The largest absolute Gasteiger partial charge is 0.345 e. The number of piperazine rings is 1. The fourth-order valence-corrected chi connectivity index (χ4v) is 4.01. The van der Waals surface area contributed by atoms with Crippen LogP contribution in [0.5, 0.6) is 0 Å². The van der Waals surface area contributed by atoms with E-state index < -0.39 is 0 Å². The SMILES string of the molecule is O=C(c1cc(Cl)ccn1)N1CCN(c2nc3ccc(F)cc3s2)CC1. The maximum Gasteiger partial charge on any atom is 0.272 e. The van der Waals surface area contributed by atoms with Crippen LogP contribution in [0.25, 0.3) is 10.2 Å². The van der Waals surface area contributed by atoms with Gasteiger partial charge in [0, 0.05) is 37.4 Å². The van der Waals surface area contributed by atoms with E-state index in [0.29, 0.717) is 36.9 Å². The molecule has 2 aromatic heterocycles. The summed E-state index contributed by atoms with van der Waals surface area (Å²) in [7, 11) is 0. The molecule has 0 unspecified atom stereocenters. The fourth-order valence-electron chi connectivity index (χ4n) is 2.81. The predicted octanol–water partition coefficient (Wildman–Crippen LogP) is 3.45. The number of carbonyl (C=O) groups is 1. The van der Waals surface area contributed by atoms with E-state index in [2.05, 4.69) is 14.9 Å². The quantitative estimate of drug-likeness (QED) is 0.687. The van der Waals surface area contributed by atoms with Gasteiger partial charge in [0.15, 0.2) is 5.13 Å². The Hall–Kier alpha value is -2.25. The van der Waals surface area contributed by atoms with Crippen LogP contribution in [-0.4, -0.2) is 47.0 Å². The van der Waals surface area contributed by atoms with Crippen LogP contribution in [0, 0.1) is 5.82 Å². The molecule has 8 heteroatoms. The molecule has 0 N–H and O–H groups in total. The van der Waals surface area contributed by atoms with Crippen molar-refractivity contribution in [1.29, 1.82) is 0 Å². The number of nitrogens with zero attached hydrogens (tertiary/aromatic N) is 4. The minimum Gasteiger partial charge on any atom is -0.345 e. The van der Waals surface area contributed by atoms with Gasteiger partial charge >= 0.3 is 0 Å². The minimum absolute atomic E-state index is 0.117. The number of fused-ring (bicyclic) bond motifs is 1. The molecule has 4 rings (SSSR count). The minimum atomic E-state index is -0.257. The van der Waals surface area contributed by atoms with Crippen molar-refractivity contribution in [2.75, 3.05) is 31.1 Å². The lowest BCUT2D eigenvalue weighted by atomic mass is 10.2. The molecule has 3 aromatic rings. The van der Waals surface area contributed by atoms with Crippen LogP contribution in [0.2, 0.25) is 5.02 Å². The molecule has 1 aromatic carbocycles. The van der Waals surface area contributed by atoms with Crippen molar-refractivity contribution >= 4 is 44.2 Å². The Labute approximate surface area is 152 Å². The molecule has 1 fully saturated rings. The molecule has 0 aliphatic carbocycles. The van der Waals surface area contributed by atoms with Crippen molar-refractivity contribution in [3.8, 4) is 0 Å². The van der Waals surface area contributed by atoms with E-state index >= 15 is 0 Å². The molecule has 0 bridgehead atoms. The van der Waals surface area contributed by atoms with Crippen LogP contribution in [0.4, 0.5) is 9.52 Å². The Morgan fingerprint density at radius 1 is 1.16 bits per heavy atom. The van der Waals surface area contributed by atoms with E-state index in [9.17, 15) is 9.18 Å². The fraction of sp³-hybridized carbons (Fsp3) is 0.235. The third-order valence-corrected chi connectivity index (χ3v) is 5.43. The number of benzene rings is 1. The topological polar surface area (TPSA) is 49.3 Å². The molecule has 1 saturated heterocycles. The monoisotopic (exact) mass is 376 g/mol. The average molecular weight is 377 g/mol. The number of aromatic nitrogens is 2. The maximum atomic E-state index is 13.3. The molecular weight excluding hydrogens is 363 g/mol. The zero-order valence-electron chi connectivity index (χ0n) is 13.2. The Morgan fingerprint density at radius 2 is 1.96 bits per heavy atom. The van der Waals surface area contributed by atoms with Crippen molar-refractivity contribution in [3.05, 3.63) is 53.1 Å². The average Bonchev–Trinajstić information content (AvgIpc) is 3.04. The second-order valence-corrected chi connectivity index (χ2v) is 7.19. The van der Waals surface area contributed by atoms with Gasteiger partial charge in [0.1, 0.15) is 11.5 Å². The molecule has 1 aliphatic rings. The van der Waals surface area contributed by atoms with E-state index in [4.69, 9.17) is 11.6 Å². The Morgan fingerprint density at radius 3 is 2.72 bits per heavy atom. The van der Waals surface area contributed by atoms with Crippen LogP contribution in [0.3, 0.4) is 0 Å². The van der Waals surface area contributed by atoms with Crippen LogP contribution in [0.1, 0.15) is 10.5 Å². The number of hydrogen-bond donors (Lipinski definition) is 0. The number of halogens is 2. The van der Waals surface area contributed by atoms with Crippen molar-refractivity contribution in [1.82, 2.24) is 14.9 Å². The van der Waals surface area contributed by atoms with Gasteiger partial charge in [0.05, 0.1) is 10.2 Å². The first kappa shape index (κ1) is 16.2. The molecule has 0 radical (unpaired) electrons. The summed E-state index contributed by atoms with van der Waals surface area (Å²) in [5.74, 6) is -0.374. The van der Waals surface area contributed by atoms with Crippen molar-refractivity contribution in [2.45, 2.75) is 0 Å². The summed E-state index contributed by atoms with van der Waals surface area (Å²) >= 11 is 7.40. The van der Waals surface area contributed by atoms with Crippen LogP contribution in [0.15, 0.2) is 36.5 Å². The first-order valence-corrected chi connectivity index (χ1v) is 9.01.